The monoisotopic (exact) mass is 815 g/mol. The Labute approximate surface area is 351 Å². The van der Waals surface area contributed by atoms with E-state index in [2.05, 4.69) is 44.8 Å². The number of phenolic OH excluding ortho intramolecular Hbond substituents is 1. The van der Waals surface area contributed by atoms with Crippen LogP contribution in [0.25, 0.3) is 22.0 Å². The minimum Gasteiger partial charge on any atom is -0.506 e. The van der Waals surface area contributed by atoms with Crippen molar-refractivity contribution in [1.29, 1.82) is 0 Å². The molecule has 0 spiro atoms. The molecule has 2 amide bonds. The fraction of sp³-hybridized carbons (Fsp3) is 0.396. The van der Waals surface area contributed by atoms with Crippen LogP contribution in [-0.2, 0) is 27.2 Å². The number of aromatic hydroxyl groups is 1. The Hall–Kier alpha value is -5.53. The molecule has 2 heterocycles. The molecule has 4 aromatic carbocycles. The molecular weight excluding hydrogens is 759 g/mol. The van der Waals surface area contributed by atoms with Gasteiger partial charge in [0.1, 0.15) is 11.9 Å². The fourth-order valence-electron chi connectivity index (χ4n) is 8.82. The highest BCUT2D eigenvalue weighted by Crippen LogP contribution is 2.40. The molecule has 2 fully saturated rings. The molecule has 5 N–H and O–H groups in total. The molecule has 12 heteroatoms. The second kappa shape index (κ2) is 20.2. The number of aliphatic hydroxyl groups excluding tert-OH is 1. The van der Waals surface area contributed by atoms with E-state index < -0.39 is 12.2 Å². The normalized spacial score (nSPS) is 18.1. The summed E-state index contributed by atoms with van der Waals surface area (Å²) in [5.74, 6) is 0.994. The maximum atomic E-state index is 13.1. The highest BCUT2D eigenvalue weighted by molar-refractivity contribution is 5.91. The number of nitrogens with one attached hydrogen (secondary N) is 3. The fourth-order valence-corrected chi connectivity index (χ4v) is 8.82. The molecule has 2 aliphatic rings. The lowest BCUT2D eigenvalue weighted by Crippen LogP contribution is -2.42. The molecule has 4 atom stereocenters. The van der Waals surface area contributed by atoms with Crippen LogP contribution >= 0.6 is 0 Å². The van der Waals surface area contributed by atoms with Gasteiger partial charge in [0, 0.05) is 62.3 Å². The van der Waals surface area contributed by atoms with Gasteiger partial charge in [-0.3, -0.25) is 19.8 Å². The van der Waals surface area contributed by atoms with E-state index in [1.165, 1.54) is 23.3 Å². The molecule has 1 saturated carbocycles. The van der Waals surface area contributed by atoms with Gasteiger partial charge in [0.05, 0.1) is 36.9 Å². The van der Waals surface area contributed by atoms with E-state index in [1.807, 2.05) is 73.3 Å². The number of anilines is 1. The molecule has 0 radical (unpaired) electrons. The van der Waals surface area contributed by atoms with Gasteiger partial charge in [-0.1, -0.05) is 78.9 Å². The quantitative estimate of drug-likeness (QED) is 0.0596. The van der Waals surface area contributed by atoms with Crippen molar-refractivity contribution in [1.82, 2.24) is 20.1 Å². The van der Waals surface area contributed by atoms with E-state index in [0.717, 1.165) is 55.7 Å². The first-order valence-electron chi connectivity index (χ1n) is 21.1. The molecule has 1 aromatic heterocycles. The van der Waals surface area contributed by atoms with Crippen molar-refractivity contribution >= 4 is 28.6 Å². The molecule has 7 rings (SSSR count). The van der Waals surface area contributed by atoms with E-state index in [9.17, 15) is 24.6 Å². The summed E-state index contributed by atoms with van der Waals surface area (Å²) in [4.78, 5) is 44.8. The van der Waals surface area contributed by atoms with Crippen LogP contribution in [0.1, 0.15) is 55.9 Å². The molecule has 1 aliphatic heterocycles. The van der Waals surface area contributed by atoms with E-state index in [1.54, 1.807) is 12.1 Å². The van der Waals surface area contributed by atoms with Gasteiger partial charge in [0.15, 0.2) is 0 Å². The molecule has 1 aliphatic carbocycles. The number of pyridine rings is 1. The zero-order valence-corrected chi connectivity index (χ0v) is 34.5. The first kappa shape index (κ1) is 42.6. The first-order valence-corrected chi connectivity index (χ1v) is 21.1. The number of amides is 2. The summed E-state index contributed by atoms with van der Waals surface area (Å²) in [6.45, 7) is 8.93. The highest BCUT2D eigenvalue weighted by Gasteiger charge is 2.42. The molecule has 60 heavy (non-hydrogen) atoms. The Bertz CT molecular complexity index is 2270. The van der Waals surface area contributed by atoms with Crippen LogP contribution in [0.4, 0.5) is 10.5 Å². The van der Waals surface area contributed by atoms with Crippen molar-refractivity contribution in [3.05, 3.63) is 130 Å². The van der Waals surface area contributed by atoms with Crippen molar-refractivity contribution in [3.8, 4) is 16.9 Å². The van der Waals surface area contributed by atoms with Gasteiger partial charge in [-0.15, -0.1) is 0 Å². The number of aliphatic hydroxyl groups is 1. The summed E-state index contributed by atoms with van der Waals surface area (Å²) in [7, 11) is 0. The maximum Gasteiger partial charge on any atom is 0.411 e. The third-order valence-electron chi connectivity index (χ3n) is 11.8. The van der Waals surface area contributed by atoms with Crippen LogP contribution in [0, 0.1) is 11.8 Å². The lowest BCUT2D eigenvalue weighted by molar-refractivity contribution is -0.134. The smallest absolute Gasteiger partial charge is 0.411 e. The van der Waals surface area contributed by atoms with Crippen LogP contribution in [-0.4, -0.2) is 95.1 Å². The predicted molar refractivity (Wildman–Crippen MR) is 234 cm³/mol. The van der Waals surface area contributed by atoms with Crippen LogP contribution < -0.4 is 16.2 Å². The van der Waals surface area contributed by atoms with E-state index in [-0.39, 0.29) is 42.3 Å². The molecule has 316 valence electrons. The van der Waals surface area contributed by atoms with Gasteiger partial charge < -0.3 is 34.9 Å². The first-order chi connectivity index (χ1) is 29.1. The number of nitrogens with zero attached hydrogens (tertiary/aromatic N) is 2. The van der Waals surface area contributed by atoms with Gasteiger partial charge in [-0.05, 0) is 85.4 Å². The third-order valence-corrected chi connectivity index (χ3v) is 11.8. The largest absolute Gasteiger partial charge is 0.506 e. The summed E-state index contributed by atoms with van der Waals surface area (Å²) < 4.78 is 11.9. The summed E-state index contributed by atoms with van der Waals surface area (Å²) in [6.07, 6.45) is 1.48. The van der Waals surface area contributed by atoms with Gasteiger partial charge in [0.25, 0.3) is 0 Å². The minimum atomic E-state index is -0.872. The number of aromatic nitrogens is 1. The number of benzene rings is 4. The number of likely N-dealkylation sites (tertiary alicyclic amines) is 1. The van der Waals surface area contributed by atoms with Crippen LogP contribution in [0.5, 0.6) is 5.75 Å². The number of para-hydroxylation sites is 1. The van der Waals surface area contributed by atoms with Crippen molar-refractivity contribution in [2.24, 2.45) is 11.8 Å². The molecule has 5 aromatic rings. The number of ether oxygens (including phenoxy) is 2. The maximum absolute atomic E-state index is 13.1. The highest BCUT2D eigenvalue weighted by atomic mass is 16.6. The van der Waals surface area contributed by atoms with Crippen LogP contribution in [0.2, 0.25) is 0 Å². The summed E-state index contributed by atoms with van der Waals surface area (Å²) in [5.41, 5.74) is 5.79. The Kier molecular flexibility index (Phi) is 14.3. The number of carbonyl (C=O) groups excluding carboxylic acids is 2. The number of hydrogen-bond donors (Lipinski definition) is 5. The van der Waals surface area contributed by atoms with E-state index >= 15 is 0 Å². The third kappa shape index (κ3) is 11.0. The lowest BCUT2D eigenvalue weighted by atomic mass is 10.0. The van der Waals surface area contributed by atoms with E-state index in [0.29, 0.717) is 54.6 Å². The van der Waals surface area contributed by atoms with Crippen LogP contribution in [0.15, 0.2) is 108 Å². The summed E-state index contributed by atoms with van der Waals surface area (Å²) in [6, 6.07) is 32.6. The average Bonchev–Trinajstić information content (AvgIpc) is 3.79. The number of H-pyrrole nitrogens is 1. The molecule has 0 unspecified atom stereocenters. The number of phenols is 1. The number of rotatable bonds is 18. The standard InChI is InChI=1S/C48H57N5O7/c1-32(2)53(22-21-49-28-44(55)40-15-17-43(54)47-41(40)16-18-45(56)51-47)46(57)20-24-59-23-19-33-9-8-10-34(25-33)29-52-30-36-26-38(27-37(36)31-52)60-48(58)50-42-14-7-6-13-39(42)35-11-4-3-5-12-35/h3-18,25,32,36-38,44,49,54-55H,19-24,26-31H2,1-2H3,(H,50,58)(H,51,56)/t36-,37+,38+,44-/m0/s1. The van der Waals surface area contributed by atoms with Gasteiger partial charge in [-0.25, -0.2) is 4.79 Å². The number of hydrogen-bond acceptors (Lipinski definition) is 9. The Morgan fingerprint density at radius 1 is 0.900 bits per heavy atom. The second-order valence-electron chi connectivity index (χ2n) is 16.4. The summed E-state index contributed by atoms with van der Waals surface area (Å²) in [5, 5.41) is 27.8. The Morgan fingerprint density at radius 2 is 1.65 bits per heavy atom. The van der Waals surface area contributed by atoms with Crippen molar-refractivity contribution in [2.45, 2.75) is 64.3 Å². The lowest BCUT2D eigenvalue weighted by Gasteiger charge is -2.27. The van der Waals surface area contributed by atoms with Crippen LogP contribution in [0.3, 0.4) is 0 Å². The zero-order valence-electron chi connectivity index (χ0n) is 34.5. The molecule has 0 bridgehead atoms. The van der Waals surface area contributed by atoms with Crippen molar-refractivity contribution < 1.29 is 29.3 Å². The molecular formula is C48H57N5O7. The van der Waals surface area contributed by atoms with Crippen molar-refractivity contribution in [3.63, 3.8) is 0 Å². The molecule has 12 nitrogen and oxygen atoms in total. The van der Waals surface area contributed by atoms with Gasteiger partial charge >= 0.3 is 6.09 Å². The SMILES string of the molecule is CC(C)N(CCNC[C@H](O)c1ccc(O)c2[nH]c(=O)ccc12)C(=O)CCOCCc1cccc(CN2C[C@H]3C[C@H](OC(=O)Nc4ccccc4-c4ccccc4)C[C@H]3C2)c1. The van der Waals surface area contributed by atoms with Gasteiger partial charge in [-0.2, -0.15) is 0 Å². The van der Waals surface area contributed by atoms with Gasteiger partial charge in [0.2, 0.25) is 11.5 Å². The minimum absolute atomic E-state index is 0.00962. The molecule has 1 saturated heterocycles. The topological polar surface area (TPSA) is 156 Å². The number of fused-ring (bicyclic) bond motifs is 2. The predicted octanol–water partition coefficient (Wildman–Crippen LogP) is 6.87. The zero-order chi connectivity index (χ0) is 42.0. The summed E-state index contributed by atoms with van der Waals surface area (Å²) >= 11 is 0. The second-order valence-corrected chi connectivity index (χ2v) is 16.4. The number of carbonyl (C=O) groups is 2. The number of aromatic amines is 1. The average molecular weight is 816 g/mol. The van der Waals surface area contributed by atoms with E-state index in [4.69, 9.17) is 9.47 Å². The van der Waals surface area contributed by atoms with Crippen molar-refractivity contribution in [2.75, 3.05) is 51.3 Å². The Balaban J connectivity index is 0.782. The Morgan fingerprint density at radius 3 is 2.43 bits per heavy atom.